The molecule has 7 nitrogen and oxygen atoms in total. The highest BCUT2D eigenvalue weighted by Crippen LogP contribution is 2.34. The molecule has 4 aromatic rings. The van der Waals surface area contributed by atoms with E-state index in [0.717, 1.165) is 65.6 Å². The second-order valence-corrected chi connectivity index (χ2v) is 10.6. The molecule has 0 radical (unpaired) electrons. The van der Waals surface area contributed by atoms with Gasteiger partial charge in [0.15, 0.2) is 0 Å². The molecule has 204 valence electrons. The Bertz CT molecular complexity index is 1580. The first-order chi connectivity index (χ1) is 19.4. The molecule has 0 saturated carbocycles. The molecule has 2 aliphatic rings. The zero-order chi connectivity index (χ0) is 27.8. The third-order valence-electron chi connectivity index (χ3n) is 8.13. The first-order valence-electron chi connectivity index (χ1n) is 13.7. The van der Waals surface area contributed by atoms with E-state index < -0.39 is 0 Å². The minimum Gasteiger partial charge on any atom is -0.496 e. The Morgan fingerprint density at radius 1 is 0.775 bits per heavy atom. The number of para-hydroxylation sites is 2. The topological polar surface area (TPSA) is 58.0 Å². The largest absolute Gasteiger partial charge is 0.496 e. The molecule has 1 aromatic heterocycles. The fourth-order valence-corrected chi connectivity index (χ4v) is 5.82. The van der Waals surface area contributed by atoms with Crippen molar-refractivity contribution in [2.24, 2.45) is 0 Å². The van der Waals surface area contributed by atoms with Crippen molar-refractivity contribution in [2.75, 3.05) is 45.2 Å². The van der Waals surface area contributed by atoms with Gasteiger partial charge >= 0.3 is 0 Å². The van der Waals surface area contributed by atoms with E-state index in [2.05, 4.69) is 16.5 Å². The highest BCUT2D eigenvalue weighted by molar-refractivity contribution is 6.07. The molecule has 0 unspecified atom stereocenters. The van der Waals surface area contributed by atoms with Crippen molar-refractivity contribution in [3.05, 3.63) is 107 Å². The summed E-state index contributed by atoms with van der Waals surface area (Å²) in [5.41, 5.74) is 7.18. The van der Waals surface area contributed by atoms with Crippen molar-refractivity contribution in [1.29, 1.82) is 0 Å². The Labute approximate surface area is 235 Å². The molecule has 1 saturated heterocycles. The molecular weight excluding hydrogens is 500 g/mol. The zero-order valence-corrected chi connectivity index (χ0v) is 23.3. The molecule has 2 amide bonds. The zero-order valence-electron chi connectivity index (χ0n) is 23.3. The number of amides is 2. The average Bonchev–Trinajstić information content (AvgIpc) is 3.29. The second kappa shape index (κ2) is 10.7. The van der Waals surface area contributed by atoms with Gasteiger partial charge in [0.1, 0.15) is 11.4 Å². The first kappa shape index (κ1) is 25.9. The third-order valence-corrected chi connectivity index (χ3v) is 8.13. The minimum absolute atomic E-state index is 0.0548. The SMILES string of the molecule is COc1ccccc1-c1ccc(C(=O)N2Cc3ccc(C(=O)N4CCN(C)CC4)n3Cc3ccccc32)cc1C. The number of aryl methyl sites for hydroxylation is 1. The molecule has 0 bridgehead atoms. The van der Waals surface area contributed by atoms with Crippen LogP contribution in [0.4, 0.5) is 5.69 Å². The lowest BCUT2D eigenvalue weighted by Gasteiger charge is -2.32. The van der Waals surface area contributed by atoms with Crippen LogP contribution in [0.3, 0.4) is 0 Å². The van der Waals surface area contributed by atoms with E-state index in [1.54, 1.807) is 7.11 Å². The van der Waals surface area contributed by atoms with Gasteiger partial charge in [0, 0.05) is 48.7 Å². The molecular formula is C33H34N4O3. The lowest BCUT2D eigenvalue weighted by molar-refractivity contribution is 0.0653. The number of nitrogens with zero attached hydrogens (tertiary/aromatic N) is 4. The maximum atomic E-state index is 14.1. The van der Waals surface area contributed by atoms with E-state index in [9.17, 15) is 9.59 Å². The van der Waals surface area contributed by atoms with Crippen molar-refractivity contribution < 1.29 is 14.3 Å². The summed E-state index contributed by atoms with van der Waals surface area (Å²) in [5.74, 6) is 0.789. The molecule has 3 heterocycles. The van der Waals surface area contributed by atoms with Crippen LogP contribution in [0.15, 0.2) is 78.9 Å². The average molecular weight is 535 g/mol. The Kier molecular flexibility index (Phi) is 6.90. The number of methoxy groups -OCH3 is 1. The highest BCUT2D eigenvalue weighted by atomic mass is 16.5. The van der Waals surface area contributed by atoms with Gasteiger partial charge in [-0.1, -0.05) is 42.5 Å². The standard InChI is InChI=1S/C33H34N4O3/c1-23-20-24(12-14-27(23)28-9-5-7-11-31(28)40-3)32(38)37-22-26-13-15-30(33(39)35-18-16-34(2)17-19-35)36(26)21-25-8-4-6-10-29(25)37/h4-15,20H,16-19,21-22H2,1-3H3. The van der Waals surface area contributed by atoms with E-state index in [-0.39, 0.29) is 11.8 Å². The fraction of sp³-hybridized carbons (Fsp3) is 0.273. The van der Waals surface area contributed by atoms with Crippen molar-refractivity contribution in [2.45, 2.75) is 20.0 Å². The Morgan fingerprint density at radius 3 is 2.30 bits per heavy atom. The number of aromatic nitrogens is 1. The van der Waals surface area contributed by atoms with E-state index in [0.29, 0.717) is 24.3 Å². The summed E-state index contributed by atoms with van der Waals surface area (Å²) in [4.78, 5) is 33.6. The van der Waals surface area contributed by atoms with Gasteiger partial charge in [-0.15, -0.1) is 0 Å². The number of ether oxygens (including phenoxy) is 1. The number of fused-ring (bicyclic) bond motifs is 2. The van der Waals surface area contributed by atoms with Gasteiger partial charge in [-0.2, -0.15) is 0 Å². The van der Waals surface area contributed by atoms with Gasteiger partial charge in [0.2, 0.25) is 0 Å². The number of anilines is 1. The van der Waals surface area contributed by atoms with Gasteiger partial charge in [0.25, 0.3) is 11.8 Å². The number of carbonyl (C=O) groups excluding carboxylic acids is 2. The van der Waals surface area contributed by atoms with Crippen LogP contribution in [0.1, 0.15) is 37.7 Å². The molecule has 0 spiro atoms. The third kappa shape index (κ3) is 4.67. The van der Waals surface area contributed by atoms with Crippen molar-refractivity contribution >= 4 is 17.5 Å². The number of carbonyl (C=O) groups is 2. The quantitative estimate of drug-likeness (QED) is 0.367. The van der Waals surface area contributed by atoms with Gasteiger partial charge in [0.05, 0.1) is 20.2 Å². The number of benzene rings is 3. The van der Waals surface area contributed by atoms with Crippen LogP contribution in [0.2, 0.25) is 0 Å². The molecule has 0 N–H and O–H groups in total. The van der Waals surface area contributed by atoms with Crippen LogP contribution in [-0.2, 0) is 13.1 Å². The summed E-state index contributed by atoms with van der Waals surface area (Å²) in [6, 6.07) is 25.7. The molecule has 0 aliphatic carbocycles. The predicted molar refractivity (Wildman–Crippen MR) is 157 cm³/mol. The molecule has 40 heavy (non-hydrogen) atoms. The number of likely N-dealkylation sites (N-methyl/N-ethyl adjacent to an activating group) is 1. The first-order valence-corrected chi connectivity index (χ1v) is 13.7. The fourth-order valence-electron chi connectivity index (χ4n) is 5.82. The van der Waals surface area contributed by atoms with E-state index >= 15 is 0 Å². The summed E-state index contributed by atoms with van der Waals surface area (Å²) in [5, 5.41) is 0. The number of hydrogen-bond acceptors (Lipinski definition) is 4. The number of hydrogen-bond donors (Lipinski definition) is 0. The van der Waals surface area contributed by atoms with E-state index in [4.69, 9.17) is 4.74 Å². The van der Waals surface area contributed by atoms with Gasteiger partial charge in [-0.05, 0) is 67.1 Å². The second-order valence-electron chi connectivity index (χ2n) is 10.6. The summed E-state index contributed by atoms with van der Waals surface area (Å²) < 4.78 is 7.66. The van der Waals surface area contributed by atoms with Gasteiger partial charge < -0.3 is 24.0 Å². The van der Waals surface area contributed by atoms with Crippen LogP contribution >= 0.6 is 0 Å². The maximum absolute atomic E-state index is 14.1. The number of rotatable bonds is 4. The summed E-state index contributed by atoms with van der Waals surface area (Å²) in [6.45, 7) is 6.15. The predicted octanol–water partition coefficient (Wildman–Crippen LogP) is 5.07. The van der Waals surface area contributed by atoms with Crippen molar-refractivity contribution in [3.8, 4) is 16.9 Å². The smallest absolute Gasteiger partial charge is 0.270 e. The van der Waals surface area contributed by atoms with Gasteiger partial charge in [-0.25, -0.2) is 0 Å². The molecule has 1 fully saturated rings. The van der Waals surface area contributed by atoms with Crippen molar-refractivity contribution in [1.82, 2.24) is 14.4 Å². The van der Waals surface area contributed by atoms with Crippen molar-refractivity contribution in [3.63, 3.8) is 0 Å². The van der Waals surface area contributed by atoms with Gasteiger partial charge in [-0.3, -0.25) is 9.59 Å². The molecule has 7 heteroatoms. The Hall–Kier alpha value is -4.36. The molecule has 3 aromatic carbocycles. The highest BCUT2D eigenvalue weighted by Gasteiger charge is 2.29. The van der Waals surface area contributed by atoms with E-state index in [1.807, 2.05) is 95.6 Å². The summed E-state index contributed by atoms with van der Waals surface area (Å²) >= 11 is 0. The summed E-state index contributed by atoms with van der Waals surface area (Å²) in [6.07, 6.45) is 0. The Morgan fingerprint density at radius 2 is 1.52 bits per heavy atom. The van der Waals surface area contributed by atoms with Crippen LogP contribution in [-0.4, -0.2) is 66.5 Å². The number of piperazine rings is 1. The van der Waals surface area contributed by atoms with E-state index in [1.165, 1.54) is 0 Å². The minimum atomic E-state index is -0.0660. The lowest BCUT2D eigenvalue weighted by Crippen LogP contribution is -2.47. The van der Waals surface area contributed by atoms with Crippen LogP contribution in [0.25, 0.3) is 11.1 Å². The maximum Gasteiger partial charge on any atom is 0.270 e. The van der Waals surface area contributed by atoms with Crippen LogP contribution in [0, 0.1) is 6.92 Å². The lowest BCUT2D eigenvalue weighted by atomic mass is 9.97. The molecule has 6 rings (SSSR count). The van der Waals surface area contributed by atoms with Crippen LogP contribution < -0.4 is 9.64 Å². The molecule has 0 atom stereocenters. The molecule has 2 aliphatic heterocycles. The summed E-state index contributed by atoms with van der Waals surface area (Å²) in [7, 11) is 3.75. The Balaban J connectivity index is 1.33. The monoisotopic (exact) mass is 534 g/mol. The normalized spacial score (nSPS) is 15.3. The van der Waals surface area contributed by atoms with Crippen LogP contribution in [0.5, 0.6) is 5.75 Å².